The van der Waals surface area contributed by atoms with Gasteiger partial charge in [0.25, 0.3) is 0 Å². The van der Waals surface area contributed by atoms with Crippen molar-refractivity contribution < 1.29 is 9.47 Å². The molecular weight excluding hydrogens is 274 g/mol. The van der Waals surface area contributed by atoms with Crippen molar-refractivity contribution in [1.29, 1.82) is 5.26 Å². The Bertz CT molecular complexity index is 698. The minimum Gasteiger partial charge on any atom is -0.497 e. The van der Waals surface area contributed by atoms with E-state index in [0.717, 1.165) is 17.7 Å². The van der Waals surface area contributed by atoms with Crippen LogP contribution in [-0.4, -0.2) is 7.11 Å². The van der Waals surface area contributed by atoms with E-state index in [2.05, 4.69) is 18.2 Å². The summed E-state index contributed by atoms with van der Waals surface area (Å²) in [6.45, 7) is 0. The van der Waals surface area contributed by atoms with Crippen molar-refractivity contribution >= 4 is 0 Å². The van der Waals surface area contributed by atoms with E-state index in [0.29, 0.717) is 5.76 Å². The molecule has 0 saturated heterocycles. The summed E-state index contributed by atoms with van der Waals surface area (Å²) in [4.78, 5) is 0. The van der Waals surface area contributed by atoms with Gasteiger partial charge in [-0.05, 0) is 35.8 Å². The second-order valence-electron chi connectivity index (χ2n) is 5.28. The fourth-order valence-electron chi connectivity index (χ4n) is 2.74. The third kappa shape index (κ3) is 2.96. The molecule has 0 bridgehead atoms. The van der Waals surface area contributed by atoms with Crippen molar-refractivity contribution in [2.45, 2.75) is 18.4 Å². The highest BCUT2D eigenvalue weighted by atomic mass is 16.5. The van der Waals surface area contributed by atoms with Crippen LogP contribution in [0.25, 0.3) is 0 Å². The summed E-state index contributed by atoms with van der Waals surface area (Å²) in [6, 6.07) is 20.2. The molecule has 1 aliphatic rings. The first kappa shape index (κ1) is 14.2. The molecule has 2 atom stereocenters. The highest BCUT2D eigenvalue weighted by Crippen LogP contribution is 2.38. The van der Waals surface area contributed by atoms with Crippen LogP contribution in [0, 0.1) is 11.3 Å². The van der Waals surface area contributed by atoms with Crippen LogP contribution in [0.3, 0.4) is 0 Å². The second-order valence-corrected chi connectivity index (χ2v) is 5.28. The van der Waals surface area contributed by atoms with Gasteiger partial charge in [0.1, 0.15) is 17.9 Å². The number of benzene rings is 2. The first-order valence-electron chi connectivity index (χ1n) is 7.27. The minimum atomic E-state index is -0.115. The first-order valence-corrected chi connectivity index (χ1v) is 7.27. The quantitative estimate of drug-likeness (QED) is 0.844. The van der Waals surface area contributed by atoms with Crippen LogP contribution < -0.4 is 4.74 Å². The molecule has 0 radical (unpaired) electrons. The molecule has 1 aliphatic heterocycles. The number of nitriles is 1. The van der Waals surface area contributed by atoms with Gasteiger partial charge < -0.3 is 9.47 Å². The van der Waals surface area contributed by atoms with E-state index in [1.807, 2.05) is 48.5 Å². The number of hydrogen-bond acceptors (Lipinski definition) is 3. The maximum Gasteiger partial charge on any atom is 0.194 e. The number of rotatable bonds is 3. The third-order valence-electron chi connectivity index (χ3n) is 3.92. The van der Waals surface area contributed by atoms with Crippen molar-refractivity contribution in [2.24, 2.45) is 0 Å². The van der Waals surface area contributed by atoms with Crippen LogP contribution in [0.4, 0.5) is 0 Å². The molecule has 0 unspecified atom stereocenters. The van der Waals surface area contributed by atoms with Crippen LogP contribution in [0.15, 0.2) is 66.4 Å². The SMILES string of the molecule is COc1ccc([C@@H]2C[C@H](c3ccccc3)C=C(C#N)O2)cc1. The summed E-state index contributed by atoms with van der Waals surface area (Å²) < 4.78 is 11.0. The predicted octanol–water partition coefficient (Wildman–Crippen LogP) is 4.35. The van der Waals surface area contributed by atoms with E-state index in [4.69, 9.17) is 9.47 Å². The maximum atomic E-state index is 9.24. The number of ether oxygens (including phenoxy) is 2. The smallest absolute Gasteiger partial charge is 0.194 e. The van der Waals surface area contributed by atoms with Gasteiger partial charge in [0.05, 0.1) is 7.11 Å². The lowest BCUT2D eigenvalue weighted by Crippen LogP contribution is -2.14. The van der Waals surface area contributed by atoms with E-state index in [9.17, 15) is 5.26 Å². The van der Waals surface area contributed by atoms with Gasteiger partial charge >= 0.3 is 0 Å². The summed E-state index contributed by atoms with van der Waals surface area (Å²) in [6.07, 6.45) is 2.62. The largest absolute Gasteiger partial charge is 0.497 e. The third-order valence-corrected chi connectivity index (χ3v) is 3.92. The van der Waals surface area contributed by atoms with Gasteiger partial charge in [0.15, 0.2) is 5.76 Å². The van der Waals surface area contributed by atoms with Gasteiger partial charge in [-0.15, -0.1) is 0 Å². The molecule has 0 spiro atoms. The fraction of sp³-hybridized carbons (Fsp3) is 0.211. The lowest BCUT2D eigenvalue weighted by Gasteiger charge is -2.28. The molecule has 0 aliphatic carbocycles. The normalized spacial score (nSPS) is 20.5. The molecule has 110 valence electrons. The Hall–Kier alpha value is -2.73. The molecule has 0 fully saturated rings. The van der Waals surface area contributed by atoms with E-state index < -0.39 is 0 Å². The lowest BCUT2D eigenvalue weighted by atomic mass is 9.88. The molecule has 0 amide bonds. The van der Waals surface area contributed by atoms with Gasteiger partial charge in [-0.1, -0.05) is 42.5 Å². The van der Waals surface area contributed by atoms with E-state index in [1.165, 1.54) is 5.56 Å². The summed E-state index contributed by atoms with van der Waals surface area (Å²) in [7, 11) is 1.65. The Morgan fingerprint density at radius 1 is 1.05 bits per heavy atom. The fourth-order valence-corrected chi connectivity index (χ4v) is 2.74. The molecule has 3 nitrogen and oxygen atoms in total. The van der Waals surface area contributed by atoms with Crippen molar-refractivity contribution in [2.75, 3.05) is 7.11 Å². The van der Waals surface area contributed by atoms with Crippen molar-refractivity contribution in [3.05, 3.63) is 77.6 Å². The average molecular weight is 291 g/mol. The maximum absolute atomic E-state index is 9.24. The molecule has 3 rings (SSSR count). The van der Waals surface area contributed by atoms with E-state index in [1.54, 1.807) is 7.11 Å². The number of methoxy groups -OCH3 is 1. The van der Waals surface area contributed by atoms with Crippen LogP contribution in [0.2, 0.25) is 0 Å². The molecular formula is C19H17NO2. The molecule has 2 aromatic carbocycles. The van der Waals surface area contributed by atoms with Gasteiger partial charge in [-0.3, -0.25) is 0 Å². The molecule has 2 aromatic rings. The monoisotopic (exact) mass is 291 g/mol. The van der Waals surface area contributed by atoms with Gasteiger partial charge in [0, 0.05) is 5.92 Å². The Morgan fingerprint density at radius 2 is 1.77 bits per heavy atom. The topological polar surface area (TPSA) is 42.2 Å². The lowest BCUT2D eigenvalue weighted by molar-refractivity contribution is 0.100. The summed E-state index contributed by atoms with van der Waals surface area (Å²) in [5.74, 6) is 1.40. The molecule has 1 heterocycles. The van der Waals surface area contributed by atoms with E-state index >= 15 is 0 Å². The molecule has 0 N–H and O–H groups in total. The summed E-state index contributed by atoms with van der Waals surface area (Å²) in [5, 5.41) is 9.24. The summed E-state index contributed by atoms with van der Waals surface area (Å²) >= 11 is 0. The predicted molar refractivity (Wildman–Crippen MR) is 84.3 cm³/mol. The standard InChI is InChI=1S/C19H17NO2/c1-21-17-9-7-15(8-10-17)19-12-16(11-18(13-20)22-19)14-5-3-2-4-6-14/h2-11,16,19H,12H2,1H3/t16-,19+/m1/s1. The minimum absolute atomic E-state index is 0.115. The number of hydrogen-bond donors (Lipinski definition) is 0. The van der Waals surface area contributed by atoms with Crippen LogP contribution in [-0.2, 0) is 4.74 Å². The zero-order valence-corrected chi connectivity index (χ0v) is 12.4. The number of allylic oxidation sites excluding steroid dienone is 2. The first-order chi connectivity index (χ1) is 10.8. The highest BCUT2D eigenvalue weighted by molar-refractivity contribution is 5.34. The zero-order valence-electron chi connectivity index (χ0n) is 12.4. The molecule has 0 aromatic heterocycles. The highest BCUT2D eigenvalue weighted by Gasteiger charge is 2.26. The Kier molecular flexibility index (Phi) is 4.11. The van der Waals surface area contributed by atoms with Gasteiger partial charge in [0.2, 0.25) is 0 Å². The molecule has 22 heavy (non-hydrogen) atoms. The molecule has 0 saturated carbocycles. The van der Waals surface area contributed by atoms with Crippen molar-refractivity contribution in [3.63, 3.8) is 0 Å². The van der Waals surface area contributed by atoms with Crippen molar-refractivity contribution in [1.82, 2.24) is 0 Å². The zero-order chi connectivity index (χ0) is 15.4. The van der Waals surface area contributed by atoms with Gasteiger partial charge in [-0.2, -0.15) is 5.26 Å². The van der Waals surface area contributed by atoms with Crippen LogP contribution in [0.1, 0.15) is 29.6 Å². The average Bonchev–Trinajstić information content (AvgIpc) is 2.62. The Labute approximate surface area is 130 Å². The van der Waals surface area contributed by atoms with E-state index in [-0.39, 0.29) is 12.0 Å². The van der Waals surface area contributed by atoms with Gasteiger partial charge in [-0.25, -0.2) is 0 Å². The Morgan fingerprint density at radius 3 is 2.41 bits per heavy atom. The Balaban J connectivity index is 1.88. The van der Waals surface area contributed by atoms with Crippen molar-refractivity contribution in [3.8, 4) is 11.8 Å². The summed E-state index contributed by atoms with van der Waals surface area (Å²) in [5.41, 5.74) is 2.26. The number of nitrogens with zero attached hydrogens (tertiary/aromatic N) is 1. The molecule has 3 heteroatoms. The van der Waals surface area contributed by atoms with Crippen LogP contribution >= 0.6 is 0 Å². The second kappa shape index (κ2) is 6.36. The van der Waals surface area contributed by atoms with Crippen LogP contribution in [0.5, 0.6) is 5.75 Å².